The highest BCUT2D eigenvalue weighted by Gasteiger charge is 2.58. The molecule has 17 heavy (non-hydrogen) atoms. The van der Waals surface area contributed by atoms with Gasteiger partial charge in [0.25, 0.3) is 0 Å². The maximum Gasteiger partial charge on any atom is 0.309 e. The third-order valence-electron chi connectivity index (χ3n) is 4.35. The van der Waals surface area contributed by atoms with Crippen molar-refractivity contribution in [1.29, 1.82) is 0 Å². The number of carbonyl (C=O) groups excluding carboxylic acids is 1. The second-order valence-electron chi connectivity index (χ2n) is 5.82. The first kappa shape index (κ1) is 14.0. The van der Waals surface area contributed by atoms with Crippen molar-refractivity contribution in [3.05, 3.63) is 0 Å². The van der Waals surface area contributed by atoms with Crippen LogP contribution in [0.4, 0.5) is 0 Å². The Kier molecular flexibility index (Phi) is 3.52. The monoisotopic (exact) mass is 242 g/mol. The lowest BCUT2D eigenvalue weighted by molar-refractivity contribution is -0.155. The van der Waals surface area contributed by atoms with E-state index < -0.39 is 16.8 Å². The van der Waals surface area contributed by atoms with Crippen LogP contribution in [-0.4, -0.2) is 36.1 Å². The number of hydrazine groups is 1. The Morgan fingerprint density at radius 2 is 1.82 bits per heavy atom. The standard InChI is InChI=1S/C12H22N2O3/c1-11(2)8(9(15)13-14(4)5)6-7-12(11,3)10(16)17/h8H,6-7H2,1-5H3,(H,13,15)(H,16,17)/t8-,12-/m0/s1. The van der Waals surface area contributed by atoms with E-state index in [9.17, 15) is 14.7 Å². The maximum atomic E-state index is 12.0. The van der Waals surface area contributed by atoms with Gasteiger partial charge in [-0.3, -0.25) is 15.0 Å². The minimum atomic E-state index is -0.832. The van der Waals surface area contributed by atoms with Crippen molar-refractivity contribution < 1.29 is 14.7 Å². The van der Waals surface area contributed by atoms with E-state index in [2.05, 4.69) is 5.43 Å². The first-order valence-electron chi connectivity index (χ1n) is 5.84. The van der Waals surface area contributed by atoms with Crippen molar-refractivity contribution in [3.8, 4) is 0 Å². The SMILES string of the molecule is CN(C)NC(=O)[C@@H]1CC[C@@](C)(C(=O)O)C1(C)C. The van der Waals surface area contributed by atoms with Gasteiger partial charge < -0.3 is 5.11 Å². The zero-order valence-electron chi connectivity index (χ0n) is 11.2. The molecule has 1 fully saturated rings. The van der Waals surface area contributed by atoms with Crippen LogP contribution >= 0.6 is 0 Å². The normalized spacial score (nSPS) is 31.5. The Morgan fingerprint density at radius 1 is 1.29 bits per heavy atom. The molecule has 0 spiro atoms. The molecule has 2 atom stereocenters. The fraction of sp³-hybridized carbons (Fsp3) is 0.833. The first-order chi connectivity index (χ1) is 7.63. The van der Waals surface area contributed by atoms with Gasteiger partial charge in [0, 0.05) is 20.0 Å². The minimum absolute atomic E-state index is 0.0926. The Morgan fingerprint density at radius 3 is 2.18 bits per heavy atom. The van der Waals surface area contributed by atoms with E-state index in [1.54, 1.807) is 26.0 Å². The average molecular weight is 242 g/mol. The zero-order valence-corrected chi connectivity index (χ0v) is 11.2. The van der Waals surface area contributed by atoms with Crippen LogP contribution in [0.2, 0.25) is 0 Å². The van der Waals surface area contributed by atoms with Crippen molar-refractivity contribution in [2.45, 2.75) is 33.6 Å². The van der Waals surface area contributed by atoms with Gasteiger partial charge in [-0.05, 0) is 25.2 Å². The predicted octanol–water partition coefficient (Wildman–Crippen LogP) is 1.11. The molecule has 1 saturated carbocycles. The fourth-order valence-electron chi connectivity index (χ4n) is 2.64. The Labute approximate surface area is 102 Å². The van der Waals surface area contributed by atoms with Crippen LogP contribution in [0.25, 0.3) is 0 Å². The van der Waals surface area contributed by atoms with Crippen LogP contribution in [0.5, 0.6) is 0 Å². The molecule has 0 bridgehead atoms. The molecule has 0 heterocycles. The van der Waals surface area contributed by atoms with Gasteiger partial charge in [0.2, 0.25) is 5.91 Å². The van der Waals surface area contributed by atoms with Crippen molar-refractivity contribution in [3.63, 3.8) is 0 Å². The molecule has 0 radical (unpaired) electrons. The van der Waals surface area contributed by atoms with E-state index in [0.717, 1.165) is 0 Å². The highest BCUT2D eigenvalue weighted by atomic mass is 16.4. The van der Waals surface area contributed by atoms with Crippen molar-refractivity contribution in [2.75, 3.05) is 14.1 Å². The molecule has 5 nitrogen and oxygen atoms in total. The number of carboxylic acids is 1. The van der Waals surface area contributed by atoms with Crippen LogP contribution in [0, 0.1) is 16.7 Å². The third kappa shape index (κ3) is 2.16. The van der Waals surface area contributed by atoms with Crippen LogP contribution in [0.1, 0.15) is 33.6 Å². The Bertz CT molecular complexity index is 339. The Balaban J connectivity index is 2.93. The summed E-state index contributed by atoms with van der Waals surface area (Å²) in [5, 5.41) is 10.9. The van der Waals surface area contributed by atoms with Gasteiger partial charge in [-0.2, -0.15) is 0 Å². The molecule has 0 saturated heterocycles. The smallest absolute Gasteiger partial charge is 0.309 e. The van der Waals surface area contributed by atoms with Crippen molar-refractivity contribution in [2.24, 2.45) is 16.7 Å². The lowest BCUT2D eigenvalue weighted by atomic mass is 9.65. The second kappa shape index (κ2) is 4.29. The largest absolute Gasteiger partial charge is 0.481 e. The molecule has 2 N–H and O–H groups in total. The van der Waals surface area contributed by atoms with Crippen LogP contribution in [0.15, 0.2) is 0 Å². The maximum absolute atomic E-state index is 12.0. The van der Waals surface area contributed by atoms with E-state index in [0.29, 0.717) is 12.8 Å². The zero-order chi connectivity index (χ0) is 13.4. The number of carbonyl (C=O) groups is 2. The third-order valence-corrected chi connectivity index (χ3v) is 4.35. The van der Waals surface area contributed by atoms with Gasteiger partial charge in [-0.1, -0.05) is 13.8 Å². The van der Waals surface area contributed by atoms with Crippen LogP contribution in [-0.2, 0) is 9.59 Å². The van der Waals surface area contributed by atoms with Gasteiger partial charge in [0.15, 0.2) is 0 Å². The summed E-state index contributed by atoms with van der Waals surface area (Å²) in [7, 11) is 3.49. The van der Waals surface area contributed by atoms with Gasteiger partial charge in [-0.15, -0.1) is 0 Å². The van der Waals surface area contributed by atoms with E-state index in [4.69, 9.17) is 0 Å². The minimum Gasteiger partial charge on any atom is -0.481 e. The number of hydrogen-bond donors (Lipinski definition) is 2. The van der Waals surface area contributed by atoms with Gasteiger partial charge in [0.05, 0.1) is 5.41 Å². The van der Waals surface area contributed by atoms with Crippen LogP contribution in [0.3, 0.4) is 0 Å². The number of hydrogen-bond acceptors (Lipinski definition) is 3. The molecule has 0 aromatic heterocycles. The van der Waals surface area contributed by atoms with Gasteiger partial charge >= 0.3 is 5.97 Å². The quantitative estimate of drug-likeness (QED) is 0.727. The summed E-state index contributed by atoms with van der Waals surface area (Å²) < 4.78 is 0. The number of amides is 1. The number of nitrogens with one attached hydrogen (secondary N) is 1. The number of aliphatic carboxylic acids is 1. The predicted molar refractivity (Wildman–Crippen MR) is 64.1 cm³/mol. The molecule has 0 aromatic rings. The summed E-state index contributed by atoms with van der Waals surface area (Å²) in [6, 6.07) is 0. The highest BCUT2D eigenvalue weighted by molar-refractivity contribution is 5.83. The molecular weight excluding hydrogens is 220 g/mol. The molecule has 98 valence electrons. The molecular formula is C12H22N2O3. The molecule has 0 aromatic carbocycles. The molecule has 1 amide bonds. The summed E-state index contributed by atoms with van der Waals surface area (Å²) in [6.07, 6.45) is 1.16. The molecule has 5 heteroatoms. The van der Waals surface area contributed by atoms with Gasteiger partial charge in [0.1, 0.15) is 0 Å². The first-order valence-corrected chi connectivity index (χ1v) is 5.84. The summed E-state index contributed by atoms with van der Waals surface area (Å²) >= 11 is 0. The van der Waals surface area contributed by atoms with Crippen molar-refractivity contribution >= 4 is 11.9 Å². The van der Waals surface area contributed by atoms with E-state index >= 15 is 0 Å². The average Bonchev–Trinajstić information content (AvgIpc) is 2.38. The number of rotatable bonds is 3. The molecule has 1 rings (SSSR count). The van der Waals surface area contributed by atoms with E-state index in [1.165, 1.54) is 0 Å². The topological polar surface area (TPSA) is 69.6 Å². The van der Waals surface area contributed by atoms with Crippen LogP contribution < -0.4 is 5.43 Å². The highest BCUT2D eigenvalue weighted by Crippen LogP contribution is 2.56. The van der Waals surface area contributed by atoms with Crippen molar-refractivity contribution in [1.82, 2.24) is 10.4 Å². The van der Waals surface area contributed by atoms with Gasteiger partial charge in [-0.25, -0.2) is 5.01 Å². The lowest BCUT2D eigenvalue weighted by Gasteiger charge is -2.38. The second-order valence-corrected chi connectivity index (χ2v) is 5.82. The summed E-state index contributed by atoms with van der Waals surface area (Å²) in [4.78, 5) is 23.4. The number of nitrogens with zero attached hydrogens (tertiary/aromatic N) is 1. The Hall–Kier alpha value is -1.10. The van der Waals surface area contributed by atoms with E-state index in [-0.39, 0.29) is 11.8 Å². The lowest BCUT2D eigenvalue weighted by Crippen LogP contribution is -2.48. The van der Waals surface area contributed by atoms with E-state index in [1.807, 2.05) is 13.8 Å². The number of carboxylic acid groups (broad SMARTS) is 1. The molecule has 1 aliphatic rings. The molecule has 0 unspecified atom stereocenters. The summed E-state index contributed by atoms with van der Waals surface area (Å²) in [6.45, 7) is 5.47. The molecule has 0 aliphatic heterocycles. The molecule has 1 aliphatic carbocycles. The fourth-order valence-corrected chi connectivity index (χ4v) is 2.64. The summed E-state index contributed by atoms with van der Waals surface area (Å²) in [5.74, 6) is -1.17. The summed E-state index contributed by atoms with van der Waals surface area (Å²) in [5.41, 5.74) is 1.34.